The molecule has 1 rings (SSSR count). The smallest absolute Gasteiger partial charge is 0.255 e. The zero-order valence-electron chi connectivity index (χ0n) is 9.42. The van der Waals surface area contributed by atoms with Gasteiger partial charge in [-0.3, -0.25) is 4.79 Å². The molecule has 1 aliphatic rings. The number of carbonyl (C=O) groups excluding carboxylic acids is 1. The molecule has 0 saturated carbocycles. The number of nitrogens with zero attached hydrogens (tertiary/aromatic N) is 1. The minimum absolute atomic E-state index is 0. The van der Waals surface area contributed by atoms with E-state index in [4.69, 9.17) is 0 Å². The number of halogens is 3. The van der Waals surface area contributed by atoms with Gasteiger partial charge in [0.15, 0.2) is 0 Å². The first-order valence-corrected chi connectivity index (χ1v) is 5.42. The van der Waals surface area contributed by atoms with E-state index in [0.717, 1.165) is 19.4 Å². The van der Waals surface area contributed by atoms with Crippen LogP contribution in [-0.4, -0.2) is 43.4 Å². The molecule has 1 fully saturated rings. The fourth-order valence-electron chi connectivity index (χ4n) is 1.85. The van der Waals surface area contributed by atoms with Gasteiger partial charge in [-0.05, 0) is 19.4 Å². The number of hydrogen-bond acceptors (Lipinski definition) is 2. The van der Waals surface area contributed by atoms with Gasteiger partial charge in [0.2, 0.25) is 5.91 Å². The fraction of sp³-hybridized carbons (Fsp3) is 0.900. The van der Waals surface area contributed by atoms with E-state index in [0.29, 0.717) is 13.1 Å². The van der Waals surface area contributed by atoms with Crippen LogP contribution < -0.4 is 5.32 Å². The Hall–Kier alpha value is -0.420. The van der Waals surface area contributed by atoms with Crippen LogP contribution in [0.25, 0.3) is 0 Å². The average molecular weight is 257 g/mol. The summed E-state index contributed by atoms with van der Waals surface area (Å²) in [7, 11) is 0. The van der Waals surface area contributed by atoms with E-state index >= 15 is 0 Å². The molecular weight excluding hydrogens is 238 g/mol. The molecule has 1 saturated heterocycles. The Kier molecular flexibility index (Phi) is 7.58. The molecule has 16 heavy (non-hydrogen) atoms. The zero-order chi connectivity index (χ0) is 11.3. The number of hydrogen-bond donors (Lipinski definition) is 1. The van der Waals surface area contributed by atoms with Gasteiger partial charge < -0.3 is 10.2 Å². The highest BCUT2D eigenvalue weighted by Gasteiger charge is 2.27. The van der Waals surface area contributed by atoms with E-state index in [9.17, 15) is 13.6 Å². The Bertz CT molecular complexity index is 211. The molecule has 0 aliphatic carbocycles. The standard InChI is InChI=1S/C10H18F2N2O.ClH/c1-2-5-14(7-9(11)12)10(15)8-3-4-13-6-8;/h8-9,13H,2-7H2,1H3;1H/t8-;/m1./s1. The van der Waals surface area contributed by atoms with Gasteiger partial charge in [0.05, 0.1) is 12.5 Å². The van der Waals surface area contributed by atoms with Gasteiger partial charge in [0.1, 0.15) is 0 Å². The predicted molar refractivity (Wildman–Crippen MR) is 61.1 cm³/mol. The SMILES string of the molecule is CCCN(CC(F)F)C(=O)[C@@H]1CCNC1.Cl. The third kappa shape index (κ3) is 4.61. The van der Waals surface area contributed by atoms with Crippen molar-refractivity contribution in [3.63, 3.8) is 0 Å². The minimum Gasteiger partial charge on any atom is -0.337 e. The van der Waals surface area contributed by atoms with Crippen molar-refractivity contribution in [3.05, 3.63) is 0 Å². The Morgan fingerprint density at radius 2 is 2.25 bits per heavy atom. The van der Waals surface area contributed by atoms with E-state index in [1.165, 1.54) is 4.90 Å². The number of amides is 1. The van der Waals surface area contributed by atoms with Crippen LogP contribution >= 0.6 is 12.4 Å². The summed E-state index contributed by atoms with van der Waals surface area (Å²) >= 11 is 0. The molecule has 0 unspecified atom stereocenters. The molecule has 0 radical (unpaired) electrons. The van der Waals surface area contributed by atoms with Crippen LogP contribution in [-0.2, 0) is 4.79 Å². The summed E-state index contributed by atoms with van der Waals surface area (Å²) in [6.45, 7) is 3.33. The first-order valence-electron chi connectivity index (χ1n) is 5.42. The third-order valence-corrected chi connectivity index (χ3v) is 2.57. The predicted octanol–water partition coefficient (Wildman–Crippen LogP) is 1.52. The van der Waals surface area contributed by atoms with Gasteiger partial charge in [-0.15, -0.1) is 12.4 Å². The summed E-state index contributed by atoms with van der Waals surface area (Å²) in [5, 5.41) is 3.07. The Labute approximate surface area is 101 Å². The van der Waals surface area contributed by atoms with Crippen molar-refractivity contribution in [1.29, 1.82) is 0 Å². The summed E-state index contributed by atoms with van der Waals surface area (Å²) in [6, 6.07) is 0. The van der Waals surface area contributed by atoms with Gasteiger partial charge >= 0.3 is 0 Å². The second kappa shape index (κ2) is 7.79. The van der Waals surface area contributed by atoms with Crippen molar-refractivity contribution in [1.82, 2.24) is 10.2 Å². The van der Waals surface area contributed by atoms with Gasteiger partial charge in [-0.1, -0.05) is 6.92 Å². The van der Waals surface area contributed by atoms with Crippen LogP contribution in [0.15, 0.2) is 0 Å². The molecule has 1 heterocycles. The van der Waals surface area contributed by atoms with Crippen LogP contribution in [0.1, 0.15) is 19.8 Å². The summed E-state index contributed by atoms with van der Waals surface area (Å²) in [6.07, 6.45) is -0.948. The van der Waals surface area contributed by atoms with Crippen molar-refractivity contribution < 1.29 is 13.6 Å². The maximum Gasteiger partial charge on any atom is 0.255 e. The maximum atomic E-state index is 12.2. The average Bonchev–Trinajstić information content (AvgIpc) is 2.68. The molecule has 1 atom stereocenters. The zero-order valence-corrected chi connectivity index (χ0v) is 10.2. The van der Waals surface area contributed by atoms with Crippen LogP contribution in [0, 0.1) is 5.92 Å². The lowest BCUT2D eigenvalue weighted by Crippen LogP contribution is -2.40. The Balaban J connectivity index is 0.00000225. The van der Waals surface area contributed by atoms with Crippen molar-refractivity contribution in [2.45, 2.75) is 26.2 Å². The maximum absolute atomic E-state index is 12.2. The van der Waals surface area contributed by atoms with E-state index in [1.807, 2.05) is 6.92 Å². The number of carbonyl (C=O) groups is 1. The van der Waals surface area contributed by atoms with E-state index < -0.39 is 13.0 Å². The Morgan fingerprint density at radius 1 is 1.56 bits per heavy atom. The van der Waals surface area contributed by atoms with Crippen molar-refractivity contribution in [2.75, 3.05) is 26.2 Å². The van der Waals surface area contributed by atoms with Gasteiger partial charge in [-0.25, -0.2) is 8.78 Å². The fourth-order valence-corrected chi connectivity index (χ4v) is 1.85. The number of nitrogens with one attached hydrogen (secondary N) is 1. The third-order valence-electron chi connectivity index (χ3n) is 2.57. The van der Waals surface area contributed by atoms with Gasteiger partial charge in [-0.2, -0.15) is 0 Å². The topological polar surface area (TPSA) is 32.3 Å². The first-order chi connectivity index (χ1) is 7.15. The molecule has 6 heteroatoms. The normalized spacial score (nSPS) is 19.6. The highest BCUT2D eigenvalue weighted by molar-refractivity contribution is 5.85. The molecule has 0 bridgehead atoms. The highest BCUT2D eigenvalue weighted by Crippen LogP contribution is 2.13. The molecule has 3 nitrogen and oxygen atoms in total. The molecule has 1 aliphatic heterocycles. The lowest BCUT2D eigenvalue weighted by Gasteiger charge is -2.24. The number of rotatable bonds is 5. The summed E-state index contributed by atoms with van der Waals surface area (Å²) < 4.78 is 24.5. The van der Waals surface area contributed by atoms with Crippen LogP contribution in [0.3, 0.4) is 0 Å². The van der Waals surface area contributed by atoms with Gasteiger partial charge in [0, 0.05) is 13.1 Å². The second-order valence-corrected chi connectivity index (χ2v) is 3.87. The minimum atomic E-state index is -2.44. The Morgan fingerprint density at radius 3 is 2.69 bits per heavy atom. The quantitative estimate of drug-likeness (QED) is 0.809. The van der Waals surface area contributed by atoms with Crippen LogP contribution in [0.2, 0.25) is 0 Å². The molecule has 0 spiro atoms. The highest BCUT2D eigenvalue weighted by atomic mass is 35.5. The molecule has 0 aromatic heterocycles. The van der Waals surface area contributed by atoms with Crippen molar-refractivity contribution in [2.24, 2.45) is 5.92 Å². The van der Waals surface area contributed by atoms with Crippen molar-refractivity contribution >= 4 is 18.3 Å². The molecular formula is C10H19ClF2N2O. The lowest BCUT2D eigenvalue weighted by molar-refractivity contribution is -0.136. The lowest BCUT2D eigenvalue weighted by atomic mass is 10.1. The second-order valence-electron chi connectivity index (χ2n) is 3.87. The molecule has 1 N–H and O–H groups in total. The summed E-state index contributed by atoms with van der Waals surface area (Å²) in [5.74, 6) is -0.225. The first kappa shape index (κ1) is 15.6. The van der Waals surface area contributed by atoms with E-state index in [1.54, 1.807) is 0 Å². The molecule has 0 aromatic carbocycles. The molecule has 96 valence electrons. The molecule has 0 aromatic rings. The van der Waals surface area contributed by atoms with Crippen LogP contribution in [0.4, 0.5) is 8.78 Å². The van der Waals surface area contributed by atoms with Gasteiger partial charge in [0.25, 0.3) is 6.43 Å². The largest absolute Gasteiger partial charge is 0.337 e. The van der Waals surface area contributed by atoms with E-state index in [2.05, 4.69) is 5.32 Å². The monoisotopic (exact) mass is 256 g/mol. The van der Waals surface area contributed by atoms with E-state index in [-0.39, 0.29) is 24.2 Å². The molecule has 1 amide bonds. The van der Waals surface area contributed by atoms with Crippen LogP contribution in [0.5, 0.6) is 0 Å². The summed E-state index contributed by atoms with van der Waals surface area (Å²) in [5.41, 5.74) is 0. The summed E-state index contributed by atoms with van der Waals surface area (Å²) in [4.78, 5) is 13.1. The number of alkyl halides is 2. The van der Waals surface area contributed by atoms with Crippen molar-refractivity contribution in [3.8, 4) is 0 Å².